The van der Waals surface area contributed by atoms with Crippen LogP contribution < -0.4 is 15.6 Å². The molecule has 0 nitrogen and oxygen atoms in total. The fourth-order valence-corrected chi connectivity index (χ4v) is 15.0. The predicted molar refractivity (Wildman–Crippen MR) is 268 cm³/mol. The molecule has 0 heterocycles. The van der Waals surface area contributed by atoms with Gasteiger partial charge in [-0.25, -0.2) is 0 Å². The van der Waals surface area contributed by atoms with Crippen molar-refractivity contribution in [1.29, 1.82) is 0 Å². The summed E-state index contributed by atoms with van der Waals surface area (Å²) in [4.78, 5) is 0. The molecule has 1 unspecified atom stereocenters. The smallest absolute Gasteiger partial charge is 0.0773 e. The summed E-state index contributed by atoms with van der Waals surface area (Å²) >= 11 is 0. The fraction of sp³-hybridized carbons (Fsp3) is 0.0492. The van der Waals surface area contributed by atoms with Gasteiger partial charge < -0.3 is 0 Å². The summed E-state index contributed by atoms with van der Waals surface area (Å²) in [5, 5.41) is 5.53. The van der Waals surface area contributed by atoms with Crippen LogP contribution in [0.3, 0.4) is 0 Å². The zero-order valence-electron chi connectivity index (χ0n) is 35.2. The topological polar surface area (TPSA) is 0 Å². The number of hydrogen-bond donors (Lipinski definition) is 0. The van der Waals surface area contributed by atoms with Gasteiger partial charge in [-0.1, -0.05) is 243 Å². The van der Waals surface area contributed by atoms with Crippen LogP contribution >= 0.6 is 0 Å². The summed E-state index contributed by atoms with van der Waals surface area (Å²) in [6.07, 6.45) is 5.07. The minimum absolute atomic E-state index is 0.291. The molecule has 0 N–H and O–H groups in total. The maximum Gasteiger partial charge on any atom is 0.179 e. The Morgan fingerprint density at radius 3 is 0.694 bits per heavy atom. The third kappa shape index (κ3) is 7.53. The van der Waals surface area contributed by atoms with Crippen molar-refractivity contribution in [2.75, 3.05) is 0 Å². The highest BCUT2D eigenvalue weighted by molar-refractivity contribution is 7.17. The minimum Gasteiger partial charge on any atom is -0.0773 e. The Kier molecular flexibility index (Phi) is 10.6. The molecule has 0 amide bonds. The van der Waals surface area contributed by atoms with E-state index in [0.29, 0.717) is 5.92 Å². The first-order chi connectivity index (χ1) is 30.5. The molecule has 0 spiro atoms. The highest BCUT2D eigenvalue weighted by Crippen LogP contribution is 2.38. The average Bonchev–Trinajstić information content (AvgIpc) is 3.70. The van der Waals surface area contributed by atoms with Gasteiger partial charge in [0.05, 0.1) is 0 Å². The Labute approximate surface area is 367 Å². The largest absolute Gasteiger partial charge is 0.179 e. The molecule has 0 saturated carbocycles. The summed E-state index contributed by atoms with van der Waals surface area (Å²) in [5.41, 5.74) is 15.9. The quantitative estimate of drug-likeness (QED) is 0.0954. The minimum atomic E-state index is -3.29. The van der Waals surface area contributed by atoms with Gasteiger partial charge in [-0.05, 0) is 119 Å². The summed E-state index contributed by atoms with van der Waals surface area (Å²) in [6, 6.07) is 88.1. The molecule has 0 bridgehead atoms. The Balaban J connectivity index is 1.41. The molecule has 9 aromatic rings. The molecule has 0 aliphatic heterocycles. The molecule has 0 radical (unpaired) electrons. The van der Waals surface area contributed by atoms with Crippen LogP contribution in [0.25, 0.3) is 66.8 Å². The molecule has 62 heavy (non-hydrogen) atoms. The molecule has 296 valence electrons. The van der Waals surface area contributed by atoms with Crippen molar-refractivity contribution in [1.82, 2.24) is 0 Å². The molecule has 1 heteroatoms. The molecule has 1 atom stereocenters. The van der Waals surface area contributed by atoms with E-state index in [1.165, 1.54) is 93.1 Å². The van der Waals surface area contributed by atoms with E-state index in [9.17, 15) is 0 Å². The molecule has 1 aliphatic rings. The van der Waals surface area contributed by atoms with Gasteiger partial charge in [0.15, 0.2) is 8.07 Å². The van der Waals surface area contributed by atoms with E-state index in [-0.39, 0.29) is 0 Å². The van der Waals surface area contributed by atoms with Gasteiger partial charge in [-0.15, -0.1) is 0 Å². The van der Waals surface area contributed by atoms with Crippen LogP contribution in [0.2, 0.25) is 0 Å². The first-order valence-electron chi connectivity index (χ1n) is 21.7. The van der Waals surface area contributed by atoms with E-state index in [2.05, 4.69) is 263 Å². The highest BCUT2D eigenvalue weighted by atomic mass is 28.3. The van der Waals surface area contributed by atoms with Crippen molar-refractivity contribution in [3.05, 3.63) is 260 Å². The molecule has 0 saturated heterocycles. The zero-order chi connectivity index (χ0) is 41.9. The first kappa shape index (κ1) is 38.9. The van der Waals surface area contributed by atoms with Gasteiger partial charge in [-0.3, -0.25) is 0 Å². The zero-order valence-corrected chi connectivity index (χ0v) is 36.2. The lowest BCUT2D eigenvalue weighted by molar-refractivity contribution is 0.954. The van der Waals surface area contributed by atoms with Crippen molar-refractivity contribution >= 4 is 23.6 Å². The fourth-order valence-electron chi connectivity index (χ4n) is 9.63. The van der Waals surface area contributed by atoms with Crippen LogP contribution in [-0.4, -0.2) is 8.07 Å². The monoisotopic (exact) mass is 808 g/mol. The van der Waals surface area contributed by atoms with Crippen LogP contribution in [-0.2, 0) is 0 Å². The number of rotatable bonds is 10. The van der Waals surface area contributed by atoms with Gasteiger partial charge in [0.25, 0.3) is 0 Å². The lowest BCUT2D eigenvalue weighted by Crippen LogP contribution is -2.69. The second-order valence-electron chi connectivity index (χ2n) is 16.6. The SMILES string of the molecule is CC1=CC(C)C=C1[Si](c1cc(-c2ccccc2)cc(-c2ccccc2)c1)(c1cc(-c2ccccc2)cc(-c2ccccc2)c1)c1cc(-c2ccccc2)cc(-c2ccccc2)c1. The van der Waals surface area contributed by atoms with Crippen LogP contribution in [0.1, 0.15) is 13.8 Å². The lowest BCUT2D eigenvalue weighted by Gasteiger charge is -2.38. The van der Waals surface area contributed by atoms with Crippen molar-refractivity contribution in [3.63, 3.8) is 0 Å². The summed E-state index contributed by atoms with van der Waals surface area (Å²) < 4.78 is 0. The Bertz CT molecular complexity index is 2560. The standard InChI is InChI=1S/C61H48Si/c1-44-33-45(2)61(34-44)62(58-38-52(46-21-9-3-10-22-46)35-53(39-58)47-23-11-4-12-24-47,59-40-54(48-25-13-5-14-26-48)36-55(41-59)49-27-15-6-16-28-49)60-42-56(50-29-17-7-18-30-50)37-57(43-60)51-31-19-8-20-32-51/h3-44H,1-2H3. The molecule has 10 rings (SSSR count). The molecular formula is C61H48Si. The normalized spacial score (nSPS) is 13.7. The summed E-state index contributed by atoms with van der Waals surface area (Å²) in [6.45, 7) is 4.70. The number of hydrogen-bond acceptors (Lipinski definition) is 0. The third-order valence-corrected chi connectivity index (χ3v) is 17.3. The van der Waals surface area contributed by atoms with Crippen LogP contribution in [0.15, 0.2) is 260 Å². The van der Waals surface area contributed by atoms with E-state index >= 15 is 0 Å². The van der Waals surface area contributed by atoms with Crippen LogP contribution in [0.4, 0.5) is 0 Å². The summed E-state index contributed by atoms with van der Waals surface area (Å²) in [5.74, 6) is 0.291. The average molecular weight is 809 g/mol. The maximum atomic E-state index is 2.59. The van der Waals surface area contributed by atoms with E-state index in [4.69, 9.17) is 0 Å². The van der Waals surface area contributed by atoms with E-state index < -0.39 is 8.07 Å². The maximum absolute atomic E-state index is 3.29. The van der Waals surface area contributed by atoms with Gasteiger partial charge in [0.2, 0.25) is 0 Å². The highest BCUT2D eigenvalue weighted by Gasteiger charge is 2.46. The Hall–Kier alpha value is -7.32. The van der Waals surface area contributed by atoms with Crippen molar-refractivity contribution in [2.45, 2.75) is 13.8 Å². The van der Waals surface area contributed by atoms with Crippen molar-refractivity contribution < 1.29 is 0 Å². The van der Waals surface area contributed by atoms with Gasteiger partial charge in [0, 0.05) is 0 Å². The molecule has 0 aromatic heterocycles. The second-order valence-corrected chi connectivity index (χ2v) is 20.4. The van der Waals surface area contributed by atoms with Gasteiger partial charge >= 0.3 is 0 Å². The van der Waals surface area contributed by atoms with Crippen LogP contribution in [0.5, 0.6) is 0 Å². The third-order valence-electron chi connectivity index (χ3n) is 12.5. The van der Waals surface area contributed by atoms with Gasteiger partial charge in [-0.2, -0.15) is 0 Å². The number of allylic oxidation sites excluding steroid dienone is 4. The Morgan fingerprint density at radius 1 is 0.274 bits per heavy atom. The molecule has 0 fully saturated rings. The molecule has 1 aliphatic carbocycles. The van der Waals surface area contributed by atoms with Gasteiger partial charge in [0.1, 0.15) is 0 Å². The first-order valence-corrected chi connectivity index (χ1v) is 23.7. The van der Waals surface area contributed by atoms with Crippen molar-refractivity contribution in [2.24, 2.45) is 5.92 Å². The predicted octanol–water partition coefficient (Wildman–Crippen LogP) is 14.2. The Morgan fingerprint density at radius 2 is 0.500 bits per heavy atom. The van der Waals surface area contributed by atoms with Crippen LogP contribution in [0, 0.1) is 5.92 Å². The lowest BCUT2D eigenvalue weighted by atomic mass is 9.98. The van der Waals surface area contributed by atoms with E-state index in [0.717, 1.165) is 0 Å². The van der Waals surface area contributed by atoms with E-state index in [1.54, 1.807) is 0 Å². The number of benzene rings is 9. The van der Waals surface area contributed by atoms with Crippen molar-refractivity contribution in [3.8, 4) is 66.8 Å². The molecule has 9 aromatic carbocycles. The summed E-state index contributed by atoms with van der Waals surface area (Å²) in [7, 11) is -3.29. The second kappa shape index (κ2) is 17.0. The van der Waals surface area contributed by atoms with E-state index in [1.807, 2.05) is 0 Å². The molecular weight excluding hydrogens is 761 g/mol.